The Balaban J connectivity index is 0.00000338. The van der Waals surface area contributed by atoms with Gasteiger partial charge >= 0.3 is 0 Å². The average Bonchev–Trinajstić information content (AvgIpc) is 2.59. The second-order valence-corrected chi connectivity index (χ2v) is 6.05. The summed E-state index contributed by atoms with van der Waals surface area (Å²) < 4.78 is 13.1. The van der Waals surface area contributed by atoms with Gasteiger partial charge in [-0.05, 0) is 48.7 Å². The molecule has 142 valence electrons. The van der Waals surface area contributed by atoms with Crippen LogP contribution in [-0.4, -0.2) is 38.6 Å². The van der Waals surface area contributed by atoms with Crippen LogP contribution in [0.4, 0.5) is 10.2 Å². The summed E-state index contributed by atoms with van der Waals surface area (Å²) in [4.78, 5) is 10.8. The van der Waals surface area contributed by atoms with Crippen molar-refractivity contribution in [1.29, 1.82) is 0 Å². The summed E-state index contributed by atoms with van der Waals surface area (Å²) >= 11 is 0. The number of benzene rings is 1. The number of rotatable bonds is 6. The molecule has 2 rings (SSSR count). The van der Waals surface area contributed by atoms with E-state index in [0.717, 1.165) is 41.6 Å². The van der Waals surface area contributed by atoms with Crippen molar-refractivity contribution in [2.75, 3.05) is 32.6 Å². The van der Waals surface area contributed by atoms with Gasteiger partial charge in [-0.1, -0.05) is 12.1 Å². The Morgan fingerprint density at radius 1 is 1.19 bits per heavy atom. The van der Waals surface area contributed by atoms with Crippen LogP contribution in [-0.2, 0) is 13.0 Å². The lowest BCUT2D eigenvalue weighted by atomic mass is 10.1. The Morgan fingerprint density at radius 2 is 1.96 bits per heavy atom. The van der Waals surface area contributed by atoms with Gasteiger partial charge in [-0.15, -0.1) is 24.0 Å². The maximum absolute atomic E-state index is 13.1. The van der Waals surface area contributed by atoms with Gasteiger partial charge < -0.3 is 15.5 Å². The molecule has 0 saturated carbocycles. The van der Waals surface area contributed by atoms with Crippen LogP contribution < -0.4 is 15.5 Å². The minimum atomic E-state index is -0.195. The molecule has 0 saturated heterocycles. The number of nitrogens with one attached hydrogen (secondary N) is 2. The van der Waals surface area contributed by atoms with Crippen LogP contribution in [0.15, 0.2) is 41.4 Å². The molecule has 0 aliphatic rings. The number of aliphatic imine (C=N–C) groups is 1. The van der Waals surface area contributed by atoms with Gasteiger partial charge in [0.05, 0.1) is 12.2 Å². The lowest BCUT2D eigenvalue weighted by Gasteiger charge is -2.14. The van der Waals surface area contributed by atoms with E-state index in [1.165, 1.54) is 6.07 Å². The van der Waals surface area contributed by atoms with Gasteiger partial charge in [0.1, 0.15) is 11.6 Å². The van der Waals surface area contributed by atoms with Gasteiger partial charge in [0.25, 0.3) is 0 Å². The second kappa shape index (κ2) is 10.9. The fourth-order valence-electron chi connectivity index (χ4n) is 2.46. The van der Waals surface area contributed by atoms with E-state index in [2.05, 4.69) is 20.6 Å². The number of aromatic nitrogens is 1. The standard InChI is InChI=1S/C19H26FN5.HI/c1-14-12-16(20)9-8-15(14)10-11-22-19(21-2)23-13-17-6-5-7-18(24-17)25(3)4;/h5-9,12H,10-11,13H2,1-4H3,(H2,21,22,23);1H. The minimum absolute atomic E-state index is 0. The highest BCUT2D eigenvalue weighted by molar-refractivity contribution is 14.0. The number of guanidine groups is 1. The fourth-order valence-corrected chi connectivity index (χ4v) is 2.46. The molecule has 1 aromatic heterocycles. The van der Waals surface area contributed by atoms with Crippen molar-refractivity contribution in [3.63, 3.8) is 0 Å². The average molecular weight is 471 g/mol. The topological polar surface area (TPSA) is 52.6 Å². The normalized spacial score (nSPS) is 10.9. The zero-order valence-electron chi connectivity index (χ0n) is 15.7. The Bertz CT molecular complexity index is 734. The zero-order chi connectivity index (χ0) is 18.2. The Hall–Kier alpha value is -1.90. The predicted octanol–water partition coefficient (Wildman–Crippen LogP) is 3.12. The first-order chi connectivity index (χ1) is 12.0. The molecular weight excluding hydrogens is 444 g/mol. The van der Waals surface area contributed by atoms with Crippen molar-refractivity contribution < 1.29 is 4.39 Å². The van der Waals surface area contributed by atoms with Crippen LogP contribution >= 0.6 is 24.0 Å². The SMILES string of the molecule is CN=C(NCCc1ccc(F)cc1C)NCc1cccc(N(C)C)n1.I. The smallest absolute Gasteiger partial charge is 0.191 e. The molecule has 1 aromatic carbocycles. The molecule has 0 aliphatic carbocycles. The highest BCUT2D eigenvalue weighted by Gasteiger charge is 2.03. The molecule has 26 heavy (non-hydrogen) atoms. The third-order valence-corrected chi connectivity index (χ3v) is 3.90. The maximum Gasteiger partial charge on any atom is 0.191 e. The number of pyridine rings is 1. The molecule has 2 aromatic rings. The summed E-state index contributed by atoms with van der Waals surface area (Å²) in [6.45, 7) is 3.24. The molecule has 0 bridgehead atoms. The second-order valence-electron chi connectivity index (χ2n) is 6.05. The molecule has 0 fully saturated rings. The molecular formula is C19H27FIN5. The van der Waals surface area contributed by atoms with Crippen molar-refractivity contribution in [3.8, 4) is 0 Å². The van der Waals surface area contributed by atoms with Crippen molar-refractivity contribution >= 4 is 35.8 Å². The van der Waals surface area contributed by atoms with E-state index >= 15 is 0 Å². The van der Waals surface area contributed by atoms with Gasteiger partial charge in [0.15, 0.2) is 5.96 Å². The summed E-state index contributed by atoms with van der Waals surface area (Å²) in [5.74, 6) is 1.45. The van der Waals surface area contributed by atoms with Crippen LogP contribution in [0, 0.1) is 12.7 Å². The third kappa shape index (κ3) is 6.78. The van der Waals surface area contributed by atoms with Crippen molar-refractivity contribution in [3.05, 3.63) is 59.0 Å². The van der Waals surface area contributed by atoms with E-state index in [1.54, 1.807) is 13.1 Å². The first-order valence-corrected chi connectivity index (χ1v) is 8.32. The highest BCUT2D eigenvalue weighted by atomic mass is 127. The Morgan fingerprint density at radius 3 is 2.62 bits per heavy atom. The molecule has 0 unspecified atom stereocenters. The first kappa shape index (κ1) is 22.1. The lowest BCUT2D eigenvalue weighted by Crippen LogP contribution is -2.38. The van der Waals surface area contributed by atoms with Crippen molar-refractivity contribution in [2.45, 2.75) is 19.9 Å². The van der Waals surface area contributed by atoms with Crippen LogP contribution in [0.2, 0.25) is 0 Å². The van der Waals surface area contributed by atoms with E-state index in [4.69, 9.17) is 0 Å². The van der Waals surface area contributed by atoms with E-state index in [0.29, 0.717) is 6.54 Å². The molecule has 5 nitrogen and oxygen atoms in total. The number of hydrogen-bond donors (Lipinski definition) is 2. The first-order valence-electron chi connectivity index (χ1n) is 8.32. The molecule has 7 heteroatoms. The monoisotopic (exact) mass is 471 g/mol. The summed E-state index contributed by atoms with van der Waals surface area (Å²) in [5, 5.41) is 6.53. The van der Waals surface area contributed by atoms with Crippen LogP contribution in [0.5, 0.6) is 0 Å². The molecule has 0 radical (unpaired) electrons. The van der Waals surface area contributed by atoms with E-state index in [1.807, 2.05) is 50.2 Å². The summed E-state index contributed by atoms with van der Waals surface area (Å²) in [6, 6.07) is 10.8. The number of anilines is 1. The van der Waals surface area contributed by atoms with Gasteiger partial charge in [-0.2, -0.15) is 0 Å². The van der Waals surface area contributed by atoms with Gasteiger partial charge in [-0.3, -0.25) is 4.99 Å². The van der Waals surface area contributed by atoms with Crippen molar-refractivity contribution in [2.24, 2.45) is 4.99 Å². The molecule has 1 heterocycles. The molecule has 0 aliphatic heterocycles. The fraction of sp³-hybridized carbons (Fsp3) is 0.368. The lowest BCUT2D eigenvalue weighted by molar-refractivity contribution is 0.625. The van der Waals surface area contributed by atoms with Gasteiger partial charge in [0.2, 0.25) is 0 Å². The quantitative estimate of drug-likeness (QED) is 0.386. The number of nitrogens with zero attached hydrogens (tertiary/aromatic N) is 3. The summed E-state index contributed by atoms with van der Waals surface area (Å²) in [6.07, 6.45) is 0.807. The molecule has 0 amide bonds. The van der Waals surface area contributed by atoms with Gasteiger partial charge in [-0.25, -0.2) is 9.37 Å². The molecule has 0 atom stereocenters. The molecule has 2 N–H and O–H groups in total. The maximum atomic E-state index is 13.1. The van der Waals surface area contributed by atoms with E-state index < -0.39 is 0 Å². The van der Waals surface area contributed by atoms with Crippen LogP contribution in [0.1, 0.15) is 16.8 Å². The van der Waals surface area contributed by atoms with Crippen molar-refractivity contribution in [1.82, 2.24) is 15.6 Å². The van der Waals surface area contributed by atoms with E-state index in [-0.39, 0.29) is 29.8 Å². The van der Waals surface area contributed by atoms with Crippen LogP contribution in [0.25, 0.3) is 0 Å². The predicted molar refractivity (Wildman–Crippen MR) is 117 cm³/mol. The largest absolute Gasteiger partial charge is 0.363 e. The summed E-state index contributed by atoms with van der Waals surface area (Å²) in [5.41, 5.74) is 3.04. The van der Waals surface area contributed by atoms with Gasteiger partial charge in [0, 0.05) is 27.7 Å². The zero-order valence-corrected chi connectivity index (χ0v) is 18.0. The minimum Gasteiger partial charge on any atom is -0.363 e. The highest BCUT2D eigenvalue weighted by Crippen LogP contribution is 2.10. The third-order valence-electron chi connectivity index (χ3n) is 3.90. The van der Waals surface area contributed by atoms with Crippen LogP contribution in [0.3, 0.4) is 0 Å². The Labute approximate surface area is 172 Å². The number of aryl methyl sites for hydroxylation is 1. The number of halogens is 2. The summed E-state index contributed by atoms with van der Waals surface area (Å²) in [7, 11) is 5.68. The number of hydrogen-bond acceptors (Lipinski definition) is 3. The Kier molecular flexibility index (Phi) is 9.32. The van der Waals surface area contributed by atoms with E-state index in [9.17, 15) is 4.39 Å². The molecule has 0 spiro atoms.